The van der Waals surface area contributed by atoms with Crippen molar-refractivity contribution in [2.75, 3.05) is 0 Å². The maximum Gasteiger partial charge on any atom is 3.00 e. The summed E-state index contributed by atoms with van der Waals surface area (Å²) in [5.41, 5.74) is 0. The van der Waals surface area contributed by atoms with E-state index >= 15 is 0 Å². The topological polar surface area (TPSA) is 0 Å². The van der Waals surface area contributed by atoms with Gasteiger partial charge in [0.2, 0.25) is 0 Å². The van der Waals surface area contributed by atoms with Gasteiger partial charge in [0.1, 0.15) is 0 Å². The predicted molar refractivity (Wildman–Crippen MR) is 0 cm³/mol. The Bertz CT molecular complexity index is 9.52. The van der Waals surface area contributed by atoms with Gasteiger partial charge in [0, 0.05) is 21.1 Å². The molecule has 0 aliphatic heterocycles. The van der Waals surface area contributed by atoms with Crippen molar-refractivity contribution in [3.63, 3.8) is 0 Å². The summed E-state index contributed by atoms with van der Waals surface area (Å²) in [6.07, 6.45) is 0. The molecule has 0 aromatic rings. The molecule has 0 saturated carbocycles. The smallest absolute Gasteiger partial charge is 1.00 e. The van der Waals surface area contributed by atoms with Gasteiger partial charge >= 0.3 is 17.4 Å². The molecule has 11 heavy (non-hydrogen) atoms. The normalized spacial score (nSPS) is 0. The standard InChI is InChI=1S/9ClH.Cr.Mo/h9*1H;;/q;;;;;;;;;+3;/p-9. The Morgan fingerprint density at radius 3 is 0.273 bits per heavy atom. The molecule has 0 N–H and O–H groups in total. The molecule has 0 rings (SSSR count). The summed E-state index contributed by atoms with van der Waals surface area (Å²) < 4.78 is 0. The first-order valence-corrected chi connectivity index (χ1v) is 0. The van der Waals surface area contributed by atoms with E-state index in [1.165, 1.54) is 0 Å². The molecule has 0 bridgehead atoms. The average Bonchev–Trinajstić information content (AvgIpc) is 0. The molecule has 0 atom stereocenters. The number of rotatable bonds is 0. The van der Waals surface area contributed by atoms with Gasteiger partial charge in [-0.2, -0.15) is 0 Å². The Balaban J connectivity index is 0. The Kier molecular flexibility index (Phi) is 2730. The summed E-state index contributed by atoms with van der Waals surface area (Å²) in [4.78, 5) is 0. The van der Waals surface area contributed by atoms with Crippen LogP contribution in [-0.4, -0.2) is 0 Å². The minimum Gasteiger partial charge on any atom is -1.00 e. The van der Waals surface area contributed by atoms with Crippen LogP contribution in [-0.2, 0) is 38.4 Å². The van der Waals surface area contributed by atoms with E-state index in [1.54, 1.807) is 0 Å². The third-order valence-corrected chi connectivity index (χ3v) is 0. The molecular weight excluding hydrogens is 467 g/mol. The minimum absolute atomic E-state index is 0. The van der Waals surface area contributed by atoms with E-state index in [0.29, 0.717) is 0 Å². The molecule has 0 aliphatic rings. The molecule has 0 aromatic heterocycles. The van der Waals surface area contributed by atoms with Gasteiger partial charge in [-0.3, -0.25) is 0 Å². The summed E-state index contributed by atoms with van der Waals surface area (Å²) in [6.45, 7) is 0. The molecule has 11 heteroatoms. The monoisotopic (exact) mass is 465 g/mol. The molecule has 0 spiro atoms. The third-order valence-electron chi connectivity index (χ3n) is 0. The molecule has 0 fully saturated rings. The van der Waals surface area contributed by atoms with Gasteiger partial charge in [0.05, 0.1) is 0 Å². The quantitative estimate of drug-likeness (QED) is 0.311. The van der Waals surface area contributed by atoms with E-state index < -0.39 is 0 Å². The fraction of sp³-hybridized carbons (Fsp3) is 0. The summed E-state index contributed by atoms with van der Waals surface area (Å²) in [7, 11) is 0. The van der Waals surface area contributed by atoms with Crippen LogP contribution in [0.15, 0.2) is 0 Å². The summed E-state index contributed by atoms with van der Waals surface area (Å²) in [5.74, 6) is 0. The van der Waals surface area contributed by atoms with Crippen molar-refractivity contribution in [2.45, 2.75) is 0 Å². The molecule has 0 amide bonds. The first kappa shape index (κ1) is 193. The second-order valence-electron chi connectivity index (χ2n) is 0. The fourth-order valence-electron chi connectivity index (χ4n) is 0. The molecule has 0 heterocycles. The van der Waals surface area contributed by atoms with Crippen molar-refractivity contribution in [2.24, 2.45) is 0 Å². The summed E-state index contributed by atoms with van der Waals surface area (Å²) in [5, 5.41) is 0. The van der Waals surface area contributed by atoms with Crippen LogP contribution in [0.2, 0.25) is 0 Å². The zero-order chi connectivity index (χ0) is 0. The maximum absolute atomic E-state index is 0. The molecule has 0 aromatic carbocycles. The van der Waals surface area contributed by atoms with Crippen molar-refractivity contribution in [3.05, 3.63) is 0 Å². The van der Waals surface area contributed by atoms with Crippen LogP contribution in [0, 0.1) is 0 Å². The van der Waals surface area contributed by atoms with Gasteiger partial charge < -0.3 is 112 Å². The zero-order valence-electron chi connectivity index (χ0n) is 4.22. The van der Waals surface area contributed by atoms with Gasteiger partial charge in [-0.05, 0) is 0 Å². The molecule has 0 unspecified atom stereocenters. The van der Waals surface area contributed by atoms with E-state index in [2.05, 4.69) is 0 Å². The fourth-order valence-corrected chi connectivity index (χ4v) is 0. The van der Waals surface area contributed by atoms with E-state index in [1.807, 2.05) is 0 Å². The summed E-state index contributed by atoms with van der Waals surface area (Å²) in [6, 6.07) is 0. The van der Waals surface area contributed by atoms with Crippen LogP contribution in [0.4, 0.5) is 0 Å². The van der Waals surface area contributed by atoms with Crippen molar-refractivity contribution in [3.8, 4) is 0 Å². The van der Waals surface area contributed by atoms with Crippen LogP contribution in [0.3, 0.4) is 0 Å². The van der Waals surface area contributed by atoms with E-state index in [0.717, 1.165) is 0 Å². The van der Waals surface area contributed by atoms with Gasteiger partial charge in [-0.15, -0.1) is 0 Å². The number of hydrogen-bond acceptors (Lipinski definition) is 0. The van der Waals surface area contributed by atoms with E-state index in [4.69, 9.17) is 0 Å². The van der Waals surface area contributed by atoms with Crippen molar-refractivity contribution in [1.82, 2.24) is 0 Å². The summed E-state index contributed by atoms with van der Waals surface area (Å²) >= 11 is 0. The van der Waals surface area contributed by atoms with Crippen LogP contribution in [0.25, 0.3) is 0 Å². The SMILES string of the molecule is [Cl-].[Cl-].[Cl-].[Cl-].[Cl-].[Cl-].[Cl-].[Cl-].[Cl-].[Cr+3].[Mo]. The first-order valence-electron chi connectivity index (χ1n) is 0. The Morgan fingerprint density at radius 1 is 0.273 bits per heavy atom. The van der Waals surface area contributed by atoms with Crippen molar-refractivity contribution in [1.29, 1.82) is 0 Å². The largest absolute Gasteiger partial charge is 3.00 e. The Morgan fingerprint density at radius 2 is 0.273 bits per heavy atom. The second-order valence-corrected chi connectivity index (χ2v) is 0. The molecule has 0 nitrogen and oxygen atoms in total. The van der Waals surface area contributed by atoms with Crippen LogP contribution in [0.5, 0.6) is 0 Å². The van der Waals surface area contributed by atoms with Crippen LogP contribution >= 0.6 is 0 Å². The zero-order valence-corrected chi connectivity index (χ0v) is 14.3. The third kappa shape index (κ3) is 132. The van der Waals surface area contributed by atoms with Gasteiger partial charge in [0.25, 0.3) is 0 Å². The number of halogens is 9. The van der Waals surface area contributed by atoms with E-state index in [-0.39, 0.29) is 150 Å². The van der Waals surface area contributed by atoms with Crippen LogP contribution < -0.4 is 112 Å². The van der Waals surface area contributed by atoms with Gasteiger partial charge in [-0.1, -0.05) is 0 Å². The van der Waals surface area contributed by atoms with Crippen molar-refractivity contribution >= 4 is 0 Å². The second kappa shape index (κ2) is 155. The van der Waals surface area contributed by atoms with E-state index in [9.17, 15) is 0 Å². The Hall–Kier alpha value is 3.83. The Labute approximate surface area is 148 Å². The average molecular weight is 467 g/mol. The van der Waals surface area contributed by atoms with Crippen LogP contribution in [0.1, 0.15) is 0 Å². The van der Waals surface area contributed by atoms with Crippen molar-refractivity contribution < 1.29 is 150 Å². The number of hydrogen-bond donors (Lipinski definition) is 0. The predicted octanol–water partition coefficient (Wildman–Crippen LogP) is -27.0. The molecule has 1 radical (unpaired) electrons. The first-order chi connectivity index (χ1) is 0. The minimum atomic E-state index is 0. The molecule has 0 aliphatic carbocycles. The van der Waals surface area contributed by atoms with Gasteiger partial charge in [0.15, 0.2) is 0 Å². The molecule has 0 saturated heterocycles. The van der Waals surface area contributed by atoms with Gasteiger partial charge in [-0.25, -0.2) is 0 Å². The molecule has 81 valence electrons. The molecular formula is Cl9CrMo-6. The maximum atomic E-state index is 0.